The van der Waals surface area contributed by atoms with Crippen molar-refractivity contribution in [3.05, 3.63) is 59.7 Å². The average molecular weight is 355 g/mol. The monoisotopic (exact) mass is 355 g/mol. The van der Waals surface area contributed by atoms with Gasteiger partial charge in [0.05, 0.1) is 12.2 Å². The lowest BCUT2D eigenvalue weighted by molar-refractivity contribution is -0.122. The second-order valence-corrected chi connectivity index (χ2v) is 5.96. The smallest absolute Gasteiger partial charge is 0.338 e. The highest BCUT2D eigenvalue weighted by molar-refractivity contribution is 5.95. The summed E-state index contributed by atoms with van der Waals surface area (Å²) in [6.45, 7) is 6.11. The predicted octanol–water partition coefficient (Wildman–Crippen LogP) is 4.22. The van der Waals surface area contributed by atoms with Crippen molar-refractivity contribution >= 4 is 17.6 Å². The van der Waals surface area contributed by atoms with Crippen LogP contribution in [0.5, 0.6) is 5.75 Å². The molecule has 26 heavy (non-hydrogen) atoms. The van der Waals surface area contributed by atoms with Crippen molar-refractivity contribution in [3.63, 3.8) is 0 Å². The van der Waals surface area contributed by atoms with Crippen molar-refractivity contribution in [2.45, 2.75) is 39.7 Å². The van der Waals surface area contributed by atoms with E-state index >= 15 is 0 Å². The molecular formula is C21H25NO4. The topological polar surface area (TPSA) is 64.6 Å². The van der Waals surface area contributed by atoms with Gasteiger partial charge in [-0.15, -0.1) is 0 Å². The molecule has 1 N–H and O–H groups in total. The molecule has 0 saturated carbocycles. The summed E-state index contributed by atoms with van der Waals surface area (Å²) in [5.74, 6) is 0.0294. The van der Waals surface area contributed by atoms with Crippen LogP contribution in [0.15, 0.2) is 48.5 Å². The van der Waals surface area contributed by atoms with E-state index in [9.17, 15) is 9.59 Å². The van der Waals surface area contributed by atoms with Crippen LogP contribution >= 0.6 is 0 Å². The number of hydrogen-bond acceptors (Lipinski definition) is 4. The Kier molecular flexibility index (Phi) is 7.21. The van der Waals surface area contributed by atoms with E-state index in [2.05, 4.69) is 12.2 Å². The Bertz CT molecular complexity index is 723. The first kappa shape index (κ1) is 19.5. The van der Waals surface area contributed by atoms with Gasteiger partial charge in [-0.2, -0.15) is 0 Å². The van der Waals surface area contributed by atoms with E-state index in [1.54, 1.807) is 31.2 Å². The van der Waals surface area contributed by atoms with Gasteiger partial charge in [0.15, 0.2) is 6.10 Å². The van der Waals surface area contributed by atoms with E-state index in [4.69, 9.17) is 9.47 Å². The molecule has 0 fully saturated rings. The first-order valence-electron chi connectivity index (χ1n) is 8.87. The summed E-state index contributed by atoms with van der Waals surface area (Å²) in [6.07, 6.45) is 1.09. The number of ether oxygens (including phenoxy) is 2. The second-order valence-electron chi connectivity index (χ2n) is 5.96. The van der Waals surface area contributed by atoms with Gasteiger partial charge in [-0.1, -0.05) is 26.0 Å². The van der Waals surface area contributed by atoms with Crippen molar-refractivity contribution in [2.75, 3.05) is 11.9 Å². The van der Waals surface area contributed by atoms with E-state index < -0.39 is 6.10 Å². The molecule has 0 saturated heterocycles. The highest BCUT2D eigenvalue weighted by atomic mass is 16.5. The molecule has 0 aliphatic rings. The van der Waals surface area contributed by atoms with Crippen molar-refractivity contribution in [2.24, 2.45) is 0 Å². The molecule has 2 rings (SSSR count). The summed E-state index contributed by atoms with van der Waals surface area (Å²) >= 11 is 0. The minimum absolute atomic E-state index is 0.258. The zero-order valence-corrected chi connectivity index (χ0v) is 15.5. The van der Waals surface area contributed by atoms with E-state index in [0.29, 0.717) is 23.6 Å². The standard InChI is InChI=1S/C21H25NO4/c1-4-14-25-21(24)17-8-10-18(11-9-17)22-20(23)15(3)26-19-12-6-16(5-2)7-13-19/h6-13,15H,4-5,14H2,1-3H3,(H,22,23). The molecule has 0 aliphatic carbocycles. The minimum atomic E-state index is -0.642. The number of esters is 1. The minimum Gasteiger partial charge on any atom is -0.481 e. The molecular weight excluding hydrogens is 330 g/mol. The first-order chi connectivity index (χ1) is 12.5. The molecule has 0 spiro atoms. The highest BCUT2D eigenvalue weighted by Gasteiger charge is 2.15. The van der Waals surface area contributed by atoms with Gasteiger partial charge in [0.1, 0.15) is 5.75 Å². The van der Waals surface area contributed by atoms with Crippen LogP contribution in [0.4, 0.5) is 5.69 Å². The number of hydrogen-bond donors (Lipinski definition) is 1. The summed E-state index contributed by atoms with van der Waals surface area (Å²) in [5.41, 5.74) is 2.27. The third-order valence-corrected chi connectivity index (χ3v) is 3.84. The lowest BCUT2D eigenvalue weighted by Crippen LogP contribution is -2.30. The van der Waals surface area contributed by atoms with Crippen LogP contribution in [0.2, 0.25) is 0 Å². The Labute approximate surface area is 154 Å². The molecule has 2 aromatic rings. The van der Waals surface area contributed by atoms with Crippen molar-refractivity contribution in [1.82, 2.24) is 0 Å². The maximum absolute atomic E-state index is 12.3. The predicted molar refractivity (Wildman–Crippen MR) is 102 cm³/mol. The molecule has 5 nitrogen and oxygen atoms in total. The molecule has 5 heteroatoms. The Balaban J connectivity index is 1.90. The fourth-order valence-electron chi connectivity index (χ4n) is 2.27. The summed E-state index contributed by atoms with van der Waals surface area (Å²) < 4.78 is 10.7. The molecule has 1 unspecified atom stereocenters. The Morgan fingerprint density at radius 1 is 1.00 bits per heavy atom. The summed E-state index contributed by atoms with van der Waals surface area (Å²) in [7, 11) is 0. The third-order valence-electron chi connectivity index (χ3n) is 3.84. The second kappa shape index (κ2) is 9.61. The molecule has 0 aromatic heterocycles. The third kappa shape index (κ3) is 5.62. The van der Waals surface area contributed by atoms with E-state index in [1.807, 2.05) is 31.2 Å². The van der Waals surface area contributed by atoms with Crippen LogP contribution in [0.1, 0.15) is 43.1 Å². The summed E-state index contributed by atoms with van der Waals surface area (Å²) in [6, 6.07) is 14.3. The SMILES string of the molecule is CCCOC(=O)c1ccc(NC(=O)C(C)Oc2ccc(CC)cc2)cc1. The highest BCUT2D eigenvalue weighted by Crippen LogP contribution is 2.16. The van der Waals surface area contributed by atoms with Crippen LogP contribution in [0.25, 0.3) is 0 Å². The normalized spacial score (nSPS) is 11.5. The number of carbonyl (C=O) groups excluding carboxylic acids is 2. The summed E-state index contributed by atoms with van der Waals surface area (Å²) in [4.78, 5) is 24.0. The van der Waals surface area contributed by atoms with Crippen molar-refractivity contribution < 1.29 is 19.1 Å². The molecule has 0 bridgehead atoms. The Morgan fingerprint density at radius 2 is 1.65 bits per heavy atom. The van der Waals surface area contributed by atoms with Gasteiger partial charge in [0.25, 0.3) is 5.91 Å². The van der Waals surface area contributed by atoms with Gasteiger partial charge < -0.3 is 14.8 Å². The maximum atomic E-state index is 12.3. The number of carbonyl (C=O) groups is 2. The van der Waals surface area contributed by atoms with Crippen molar-refractivity contribution in [1.29, 1.82) is 0 Å². The van der Waals surface area contributed by atoms with Crippen LogP contribution < -0.4 is 10.1 Å². The van der Waals surface area contributed by atoms with Crippen LogP contribution in [0.3, 0.4) is 0 Å². The Morgan fingerprint density at radius 3 is 2.23 bits per heavy atom. The van der Waals surface area contributed by atoms with Gasteiger partial charge >= 0.3 is 5.97 Å². The summed E-state index contributed by atoms with van der Waals surface area (Å²) in [5, 5.41) is 2.78. The molecule has 1 amide bonds. The largest absolute Gasteiger partial charge is 0.481 e. The van der Waals surface area contributed by atoms with Gasteiger partial charge in [-0.05, 0) is 61.7 Å². The quantitative estimate of drug-likeness (QED) is 0.720. The average Bonchev–Trinajstić information content (AvgIpc) is 2.67. The van der Waals surface area contributed by atoms with Crippen LogP contribution in [-0.2, 0) is 16.0 Å². The lowest BCUT2D eigenvalue weighted by atomic mass is 10.2. The zero-order chi connectivity index (χ0) is 18.9. The molecule has 1 atom stereocenters. The molecule has 2 aromatic carbocycles. The van der Waals surface area contributed by atoms with Crippen molar-refractivity contribution in [3.8, 4) is 5.75 Å². The van der Waals surface area contributed by atoms with Crippen LogP contribution in [0, 0.1) is 0 Å². The Hall–Kier alpha value is -2.82. The van der Waals surface area contributed by atoms with Gasteiger partial charge in [0, 0.05) is 5.69 Å². The number of aryl methyl sites for hydroxylation is 1. The van der Waals surface area contributed by atoms with Crippen LogP contribution in [-0.4, -0.2) is 24.6 Å². The zero-order valence-electron chi connectivity index (χ0n) is 15.5. The maximum Gasteiger partial charge on any atom is 0.338 e. The fraction of sp³-hybridized carbons (Fsp3) is 0.333. The van der Waals surface area contributed by atoms with Gasteiger partial charge in [0.2, 0.25) is 0 Å². The van der Waals surface area contributed by atoms with E-state index in [1.165, 1.54) is 5.56 Å². The number of nitrogens with one attached hydrogen (secondary N) is 1. The molecule has 0 aliphatic heterocycles. The molecule has 0 radical (unpaired) electrons. The molecule has 0 heterocycles. The van der Waals surface area contributed by atoms with Gasteiger partial charge in [-0.3, -0.25) is 4.79 Å². The number of benzene rings is 2. The first-order valence-corrected chi connectivity index (χ1v) is 8.87. The van der Waals surface area contributed by atoms with E-state index in [-0.39, 0.29) is 11.9 Å². The number of rotatable bonds is 8. The fourth-order valence-corrected chi connectivity index (χ4v) is 2.27. The number of amides is 1. The van der Waals surface area contributed by atoms with Gasteiger partial charge in [-0.25, -0.2) is 4.79 Å². The molecule has 138 valence electrons. The lowest BCUT2D eigenvalue weighted by Gasteiger charge is -2.15. The van der Waals surface area contributed by atoms with E-state index in [0.717, 1.165) is 12.8 Å². The number of anilines is 1.